The predicted molar refractivity (Wildman–Crippen MR) is 99.2 cm³/mol. The number of alkyl carbamates (subject to hydrolysis) is 1. The molecule has 0 radical (unpaired) electrons. The van der Waals surface area contributed by atoms with Crippen LogP contribution in [0.2, 0.25) is 0 Å². The number of benzene rings is 1. The second kappa shape index (κ2) is 6.92. The quantitative estimate of drug-likeness (QED) is 0.825. The Morgan fingerprint density at radius 3 is 2.69 bits per heavy atom. The van der Waals surface area contributed by atoms with Gasteiger partial charge in [0.2, 0.25) is 5.91 Å². The minimum Gasteiger partial charge on any atom is -0.450 e. The molecule has 0 bridgehead atoms. The average molecular weight is 410 g/mol. The van der Waals surface area contributed by atoms with E-state index in [9.17, 15) is 22.8 Å². The molecule has 8 heteroatoms. The molecule has 2 aliphatic carbocycles. The van der Waals surface area contributed by atoms with Gasteiger partial charge in [-0.25, -0.2) is 4.79 Å². The van der Waals surface area contributed by atoms with Crippen LogP contribution >= 0.6 is 0 Å². The Hall–Kier alpha value is -2.25. The van der Waals surface area contributed by atoms with Crippen LogP contribution in [0.5, 0.6) is 0 Å². The molecular weight excluding hydrogens is 385 g/mol. The molecular formula is C21H25F3N2O3. The number of likely N-dealkylation sites (tertiary alicyclic amines) is 1. The molecule has 0 aromatic heterocycles. The number of piperidine rings is 1. The number of amides is 2. The highest BCUT2D eigenvalue weighted by Gasteiger charge is 2.62. The van der Waals surface area contributed by atoms with Gasteiger partial charge in [0.1, 0.15) is 0 Å². The third-order valence-corrected chi connectivity index (χ3v) is 6.66. The van der Waals surface area contributed by atoms with Crippen LogP contribution in [0.1, 0.15) is 42.9 Å². The van der Waals surface area contributed by atoms with E-state index in [1.54, 1.807) is 17.9 Å². The first kappa shape index (κ1) is 20.0. The highest BCUT2D eigenvalue weighted by molar-refractivity contribution is 5.81. The van der Waals surface area contributed by atoms with Gasteiger partial charge in [0.25, 0.3) is 0 Å². The number of nitrogens with zero attached hydrogens (tertiary/aromatic N) is 1. The van der Waals surface area contributed by atoms with Gasteiger partial charge in [-0.15, -0.1) is 0 Å². The minimum atomic E-state index is -4.37. The van der Waals surface area contributed by atoms with E-state index in [0.29, 0.717) is 38.1 Å². The third-order valence-electron chi connectivity index (χ3n) is 6.66. The summed E-state index contributed by atoms with van der Waals surface area (Å²) in [6, 6.07) is 4.53. The molecule has 5 nitrogen and oxygen atoms in total. The summed E-state index contributed by atoms with van der Waals surface area (Å²) in [5.74, 6) is 0.130. The van der Waals surface area contributed by atoms with E-state index in [1.807, 2.05) is 0 Å². The molecule has 3 fully saturated rings. The largest absolute Gasteiger partial charge is 0.450 e. The van der Waals surface area contributed by atoms with E-state index in [-0.39, 0.29) is 34.8 Å². The van der Waals surface area contributed by atoms with Crippen molar-refractivity contribution in [3.8, 4) is 0 Å². The average Bonchev–Trinajstić information content (AvgIpc) is 3.18. The Morgan fingerprint density at radius 2 is 2.03 bits per heavy atom. The third kappa shape index (κ3) is 3.57. The van der Waals surface area contributed by atoms with Crippen molar-refractivity contribution in [1.29, 1.82) is 0 Å². The van der Waals surface area contributed by atoms with Gasteiger partial charge in [0.05, 0.1) is 12.2 Å². The molecule has 1 aliphatic heterocycles. The molecule has 2 saturated carbocycles. The molecule has 3 aliphatic rings. The summed E-state index contributed by atoms with van der Waals surface area (Å²) in [4.78, 5) is 26.0. The summed E-state index contributed by atoms with van der Waals surface area (Å²) < 4.78 is 44.7. The van der Waals surface area contributed by atoms with Gasteiger partial charge in [0.15, 0.2) is 0 Å². The zero-order chi connectivity index (χ0) is 21.0. The Balaban J connectivity index is 1.38. The maximum Gasteiger partial charge on any atom is 0.416 e. The van der Waals surface area contributed by atoms with Crippen LogP contribution in [-0.4, -0.2) is 42.6 Å². The molecule has 158 valence electrons. The zero-order valence-electron chi connectivity index (χ0n) is 16.5. The number of ether oxygens (including phenoxy) is 1. The normalized spacial score (nSPS) is 30.4. The lowest BCUT2D eigenvalue weighted by molar-refractivity contribution is -0.139. The van der Waals surface area contributed by atoms with Crippen molar-refractivity contribution in [2.75, 3.05) is 19.7 Å². The van der Waals surface area contributed by atoms with Gasteiger partial charge in [0, 0.05) is 30.5 Å². The van der Waals surface area contributed by atoms with Crippen molar-refractivity contribution in [2.24, 2.45) is 11.8 Å². The zero-order valence-corrected chi connectivity index (χ0v) is 16.5. The predicted octanol–water partition coefficient (Wildman–Crippen LogP) is 3.64. The molecule has 2 amide bonds. The molecule has 1 N–H and O–H groups in total. The summed E-state index contributed by atoms with van der Waals surface area (Å²) in [6.07, 6.45) is -2.86. The van der Waals surface area contributed by atoms with Crippen LogP contribution in [0.15, 0.2) is 18.2 Å². The molecule has 0 spiro atoms. The number of rotatable bonds is 4. The second-order valence-electron chi connectivity index (χ2n) is 8.53. The molecule has 1 aromatic carbocycles. The van der Waals surface area contributed by atoms with Crippen LogP contribution in [0, 0.1) is 18.8 Å². The molecule has 1 aromatic rings. The number of hydrogen-bond donors (Lipinski definition) is 1. The van der Waals surface area contributed by atoms with Gasteiger partial charge in [-0.3, -0.25) is 4.79 Å². The van der Waals surface area contributed by atoms with Crippen molar-refractivity contribution in [2.45, 2.75) is 50.7 Å². The fourth-order valence-electron chi connectivity index (χ4n) is 4.87. The smallest absolute Gasteiger partial charge is 0.416 e. The highest BCUT2D eigenvalue weighted by Crippen LogP contribution is 2.59. The van der Waals surface area contributed by atoms with Crippen molar-refractivity contribution in [3.05, 3.63) is 34.9 Å². The molecule has 4 rings (SSSR count). The fourth-order valence-corrected chi connectivity index (χ4v) is 4.87. The Bertz CT molecular complexity index is 835. The van der Waals surface area contributed by atoms with Crippen molar-refractivity contribution in [3.63, 3.8) is 0 Å². The van der Waals surface area contributed by atoms with E-state index in [4.69, 9.17) is 4.74 Å². The standard InChI is InChI=1S/C21H25F3N2O3/c1-3-29-19(28)25-16-6-13(7-16)18(27)26-10-15-9-20(15,11-26)14-5-4-12(2)17(8-14)21(22,23)24/h4-5,8,13,15-16H,3,6-7,9-11H2,1-2H3,(H,25,28)/t13-,15?,16+,20?. The van der Waals surface area contributed by atoms with Crippen LogP contribution in [-0.2, 0) is 21.1 Å². The lowest BCUT2D eigenvalue weighted by Crippen LogP contribution is -2.50. The molecule has 2 unspecified atom stereocenters. The van der Waals surface area contributed by atoms with Gasteiger partial charge in [-0.1, -0.05) is 12.1 Å². The SMILES string of the molecule is CCOC(=O)N[C@H]1C[C@@H](C(=O)N2CC3CC3(c3ccc(C)c(C(F)(F)F)c3)C2)C1. The van der Waals surface area contributed by atoms with Gasteiger partial charge < -0.3 is 15.0 Å². The topological polar surface area (TPSA) is 58.6 Å². The number of alkyl halides is 3. The number of hydrogen-bond acceptors (Lipinski definition) is 3. The number of carbonyl (C=O) groups is 2. The number of nitrogens with one attached hydrogen (secondary N) is 1. The van der Waals surface area contributed by atoms with Crippen LogP contribution in [0.25, 0.3) is 0 Å². The highest BCUT2D eigenvalue weighted by atomic mass is 19.4. The van der Waals surface area contributed by atoms with Crippen LogP contribution < -0.4 is 5.32 Å². The molecule has 2 atom stereocenters. The van der Waals surface area contributed by atoms with Crippen molar-refractivity contribution in [1.82, 2.24) is 10.2 Å². The Morgan fingerprint density at radius 1 is 1.31 bits per heavy atom. The summed E-state index contributed by atoms with van der Waals surface area (Å²) in [7, 11) is 0. The number of halogens is 3. The summed E-state index contributed by atoms with van der Waals surface area (Å²) in [5.41, 5.74) is -0.0244. The van der Waals surface area contributed by atoms with E-state index in [1.165, 1.54) is 19.1 Å². The second-order valence-corrected chi connectivity index (χ2v) is 8.53. The monoisotopic (exact) mass is 410 g/mol. The summed E-state index contributed by atoms with van der Waals surface area (Å²) in [6.45, 7) is 4.57. The van der Waals surface area contributed by atoms with Gasteiger partial charge >= 0.3 is 12.3 Å². The minimum absolute atomic E-state index is 0.0432. The molecule has 29 heavy (non-hydrogen) atoms. The summed E-state index contributed by atoms with van der Waals surface area (Å²) in [5, 5.41) is 2.73. The Labute approximate surface area is 167 Å². The van der Waals surface area contributed by atoms with Crippen LogP contribution in [0.4, 0.5) is 18.0 Å². The van der Waals surface area contributed by atoms with E-state index < -0.39 is 17.8 Å². The van der Waals surface area contributed by atoms with Gasteiger partial charge in [-0.05, 0) is 56.2 Å². The van der Waals surface area contributed by atoms with Crippen molar-refractivity contribution < 1.29 is 27.5 Å². The van der Waals surface area contributed by atoms with E-state index in [0.717, 1.165) is 6.42 Å². The lowest BCUT2D eigenvalue weighted by Gasteiger charge is -2.37. The number of fused-ring (bicyclic) bond motifs is 1. The Kier molecular flexibility index (Phi) is 4.78. The maximum absolute atomic E-state index is 13.3. The first-order valence-electron chi connectivity index (χ1n) is 10.0. The van der Waals surface area contributed by atoms with Crippen molar-refractivity contribution >= 4 is 12.0 Å². The van der Waals surface area contributed by atoms with E-state index in [2.05, 4.69) is 5.32 Å². The first-order valence-corrected chi connectivity index (χ1v) is 10.0. The first-order chi connectivity index (χ1) is 13.6. The molecule has 1 saturated heterocycles. The number of carbonyl (C=O) groups excluding carboxylic acids is 2. The molecule has 1 heterocycles. The number of aryl methyl sites for hydroxylation is 1. The summed E-state index contributed by atoms with van der Waals surface area (Å²) >= 11 is 0. The maximum atomic E-state index is 13.3. The van der Waals surface area contributed by atoms with E-state index >= 15 is 0 Å². The fraction of sp³-hybridized carbons (Fsp3) is 0.619. The lowest BCUT2D eigenvalue weighted by atomic mass is 9.79. The van der Waals surface area contributed by atoms with Crippen LogP contribution in [0.3, 0.4) is 0 Å². The van der Waals surface area contributed by atoms with Gasteiger partial charge in [-0.2, -0.15) is 13.2 Å².